The maximum Gasteiger partial charge on any atom is 0.254 e. The van der Waals surface area contributed by atoms with Gasteiger partial charge >= 0.3 is 0 Å². The minimum Gasteiger partial charge on any atom is -0.484 e. The van der Waals surface area contributed by atoms with E-state index in [2.05, 4.69) is 10.2 Å². The summed E-state index contributed by atoms with van der Waals surface area (Å²) in [6.45, 7) is 0.241. The molecule has 0 N–H and O–H groups in total. The number of hydrogen-bond acceptors (Lipinski definition) is 4. The fourth-order valence-electron chi connectivity index (χ4n) is 1.68. The fraction of sp³-hybridized carbons (Fsp3) is 0.0667. The summed E-state index contributed by atoms with van der Waals surface area (Å²) in [5.74, 6) is 1.64. The van der Waals surface area contributed by atoms with Gasteiger partial charge in [-0.25, -0.2) is 0 Å². The van der Waals surface area contributed by atoms with Gasteiger partial charge in [-0.15, -0.1) is 10.2 Å². The Morgan fingerprint density at radius 1 is 0.950 bits per heavy atom. The highest BCUT2D eigenvalue weighted by Crippen LogP contribution is 2.20. The number of benzene rings is 2. The molecule has 0 saturated carbocycles. The van der Waals surface area contributed by atoms with Crippen LogP contribution in [0.2, 0.25) is 5.02 Å². The monoisotopic (exact) mass is 286 g/mol. The fourth-order valence-corrected chi connectivity index (χ4v) is 1.81. The maximum absolute atomic E-state index is 5.84. The summed E-state index contributed by atoms with van der Waals surface area (Å²) >= 11 is 5.84. The third kappa shape index (κ3) is 2.97. The Bertz CT molecular complexity index is 681. The van der Waals surface area contributed by atoms with Gasteiger partial charge in [-0.3, -0.25) is 0 Å². The summed E-state index contributed by atoms with van der Waals surface area (Å²) < 4.78 is 11.1. The van der Waals surface area contributed by atoms with Crippen molar-refractivity contribution in [3.05, 3.63) is 65.5 Å². The highest BCUT2D eigenvalue weighted by atomic mass is 35.5. The molecule has 20 heavy (non-hydrogen) atoms. The summed E-state index contributed by atoms with van der Waals surface area (Å²) in [6.07, 6.45) is 0. The summed E-state index contributed by atoms with van der Waals surface area (Å²) in [5, 5.41) is 8.61. The average Bonchev–Trinajstić information content (AvgIpc) is 2.96. The summed E-state index contributed by atoms with van der Waals surface area (Å²) in [5.41, 5.74) is 0.827. The minimum absolute atomic E-state index is 0.241. The number of nitrogens with zero attached hydrogens (tertiary/aromatic N) is 2. The molecule has 1 heterocycles. The van der Waals surface area contributed by atoms with Gasteiger partial charge in [-0.2, -0.15) is 0 Å². The van der Waals surface area contributed by atoms with Gasteiger partial charge in [0, 0.05) is 10.6 Å². The van der Waals surface area contributed by atoms with E-state index in [-0.39, 0.29) is 6.61 Å². The van der Waals surface area contributed by atoms with E-state index < -0.39 is 0 Å². The van der Waals surface area contributed by atoms with Gasteiger partial charge in [0.05, 0.1) is 0 Å². The van der Waals surface area contributed by atoms with Crippen molar-refractivity contribution in [3.63, 3.8) is 0 Å². The first-order chi connectivity index (χ1) is 9.81. The minimum atomic E-state index is 0.241. The number of hydrogen-bond donors (Lipinski definition) is 0. The van der Waals surface area contributed by atoms with Gasteiger partial charge < -0.3 is 9.15 Å². The molecule has 100 valence electrons. The Labute approximate surface area is 121 Å². The quantitative estimate of drug-likeness (QED) is 0.728. The van der Waals surface area contributed by atoms with Crippen molar-refractivity contribution in [2.45, 2.75) is 6.61 Å². The molecule has 1 aromatic heterocycles. The van der Waals surface area contributed by atoms with E-state index >= 15 is 0 Å². The van der Waals surface area contributed by atoms with Crippen LogP contribution in [0, 0.1) is 0 Å². The van der Waals surface area contributed by atoms with Crippen molar-refractivity contribution in [1.82, 2.24) is 10.2 Å². The summed E-state index contributed by atoms with van der Waals surface area (Å²) in [6, 6.07) is 16.7. The second-order valence-corrected chi connectivity index (χ2v) is 4.55. The molecule has 0 fully saturated rings. The van der Waals surface area contributed by atoms with Crippen LogP contribution in [-0.2, 0) is 6.61 Å². The lowest BCUT2D eigenvalue weighted by molar-refractivity contribution is 0.264. The molecule has 0 unspecified atom stereocenters. The van der Waals surface area contributed by atoms with Crippen LogP contribution in [0.3, 0.4) is 0 Å². The average molecular weight is 287 g/mol. The first-order valence-electron chi connectivity index (χ1n) is 6.07. The number of para-hydroxylation sites is 1. The number of halogens is 1. The zero-order valence-corrected chi connectivity index (χ0v) is 11.2. The van der Waals surface area contributed by atoms with Crippen LogP contribution in [0.1, 0.15) is 5.89 Å². The number of aromatic nitrogens is 2. The molecular weight excluding hydrogens is 276 g/mol. The Hall–Kier alpha value is -2.33. The lowest BCUT2D eigenvalue weighted by Crippen LogP contribution is -1.95. The Morgan fingerprint density at radius 2 is 1.70 bits per heavy atom. The highest BCUT2D eigenvalue weighted by Gasteiger charge is 2.08. The molecule has 3 aromatic rings. The van der Waals surface area contributed by atoms with Crippen LogP contribution in [0.4, 0.5) is 0 Å². The molecule has 0 aliphatic rings. The van der Waals surface area contributed by atoms with Gasteiger partial charge in [0.15, 0.2) is 6.61 Å². The van der Waals surface area contributed by atoms with E-state index in [1.54, 1.807) is 12.1 Å². The summed E-state index contributed by atoms with van der Waals surface area (Å²) in [7, 11) is 0. The van der Waals surface area contributed by atoms with Crippen LogP contribution in [0.15, 0.2) is 59.0 Å². The van der Waals surface area contributed by atoms with Gasteiger partial charge in [-0.05, 0) is 36.4 Å². The van der Waals surface area contributed by atoms with Crippen molar-refractivity contribution in [2.75, 3.05) is 0 Å². The molecule has 0 radical (unpaired) electrons. The topological polar surface area (TPSA) is 48.2 Å². The van der Waals surface area contributed by atoms with E-state index in [0.717, 1.165) is 11.3 Å². The number of rotatable bonds is 4. The maximum atomic E-state index is 5.84. The molecule has 5 heteroatoms. The SMILES string of the molecule is Clc1ccc(-c2nnc(COc3ccccc3)o2)cc1. The largest absolute Gasteiger partial charge is 0.484 e. The predicted octanol–water partition coefficient (Wildman–Crippen LogP) is 3.97. The van der Waals surface area contributed by atoms with Crippen LogP contribution < -0.4 is 4.74 Å². The second-order valence-electron chi connectivity index (χ2n) is 4.11. The molecule has 0 aliphatic heterocycles. The first kappa shape index (κ1) is 12.7. The molecule has 0 spiro atoms. The lowest BCUT2D eigenvalue weighted by Gasteiger charge is -2.01. The van der Waals surface area contributed by atoms with Crippen LogP contribution >= 0.6 is 11.6 Å². The van der Waals surface area contributed by atoms with Crippen molar-refractivity contribution in [2.24, 2.45) is 0 Å². The normalized spacial score (nSPS) is 10.4. The first-order valence-corrected chi connectivity index (χ1v) is 6.45. The molecule has 0 bridgehead atoms. The zero-order valence-electron chi connectivity index (χ0n) is 10.5. The Kier molecular flexibility index (Phi) is 3.65. The molecule has 0 atom stereocenters. The van der Waals surface area contributed by atoms with Crippen LogP contribution in [0.25, 0.3) is 11.5 Å². The zero-order chi connectivity index (χ0) is 13.8. The van der Waals surface area contributed by atoms with Crippen LogP contribution in [-0.4, -0.2) is 10.2 Å². The van der Waals surface area contributed by atoms with Gasteiger partial charge in [-0.1, -0.05) is 29.8 Å². The molecular formula is C15H11ClN2O2. The van der Waals surface area contributed by atoms with Gasteiger partial charge in [0.2, 0.25) is 5.89 Å². The molecule has 4 nitrogen and oxygen atoms in total. The molecule has 2 aromatic carbocycles. The molecule has 0 saturated heterocycles. The Balaban J connectivity index is 1.69. The van der Waals surface area contributed by atoms with Crippen molar-refractivity contribution in [1.29, 1.82) is 0 Å². The predicted molar refractivity (Wildman–Crippen MR) is 75.5 cm³/mol. The highest BCUT2D eigenvalue weighted by molar-refractivity contribution is 6.30. The van der Waals surface area contributed by atoms with E-state index in [9.17, 15) is 0 Å². The van der Waals surface area contributed by atoms with E-state index in [1.807, 2.05) is 42.5 Å². The summed E-state index contributed by atoms with van der Waals surface area (Å²) in [4.78, 5) is 0. The van der Waals surface area contributed by atoms with Crippen molar-refractivity contribution < 1.29 is 9.15 Å². The van der Waals surface area contributed by atoms with Crippen LogP contribution in [0.5, 0.6) is 5.75 Å². The lowest BCUT2D eigenvalue weighted by atomic mass is 10.2. The van der Waals surface area contributed by atoms with E-state index in [0.29, 0.717) is 16.8 Å². The molecule has 0 amide bonds. The smallest absolute Gasteiger partial charge is 0.254 e. The van der Waals surface area contributed by atoms with Gasteiger partial charge in [0.25, 0.3) is 5.89 Å². The second kappa shape index (κ2) is 5.75. The van der Waals surface area contributed by atoms with E-state index in [4.69, 9.17) is 20.8 Å². The third-order valence-corrected chi connectivity index (χ3v) is 2.92. The number of ether oxygens (including phenoxy) is 1. The molecule has 3 rings (SSSR count). The Morgan fingerprint density at radius 3 is 2.45 bits per heavy atom. The van der Waals surface area contributed by atoms with E-state index in [1.165, 1.54) is 0 Å². The third-order valence-electron chi connectivity index (χ3n) is 2.66. The standard InChI is InChI=1S/C15H11ClN2O2/c16-12-8-6-11(7-9-12)15-18-17-14(20-15)10-19-13-4-2-1-3-5-13/h1-9H,10H2. The van der Waals surface area contributed by atoms with Crippen molar-refractivity contribution in [3.8, 4) is 17.2 Å². The molecule has 0 aliphatic carbocycles. The van der Waals surface area contributed by atoms with Crippen molar-refractivity contribution >= 4 is 11.6 Å². The van der Waals surface area contributed by atoms with Gasteiger partial charge in [0.1, 0.15) is 5.75 Å².